The second-order valence-corrected chi connectivity index (χ2v) is 12.6. The molecule has 1 aliphatic heterocycles. The molecular formula is C36H33N3O4S. The minimum Gasteiger partial charge on any atom is -0.497 e. The fourth-order valence-electron chi connectivity index (χ4n) is 5.56. The van der Waals surface area contributed by atoms with Gasteiger partial charge in [0.15, 0.2) is 0 Å². The van der Waals surface area contributed by atoms with E-state index in [2.05, 4.69) is 15.7 Å². The van der Waals surface area contributed by atoms with Crippen molar-refractivity contribution < 1.29 is 17.9 Å². The first-order valence-electron chi connectivity index (χ1n) is 14.3. The molecule has 0 saturated carbocycles. The molecule has 6 rings (SSSR count). The SMILES string of the molecule is COc1ccc(N2C(=O)c3cc(S(=O)(=O)Nc4ccc(C)cc4)ccc3N(Cc3ccccc3)[C@H]2c2cccc(C)c2)cc1. The first kappa shape index (κ1) is 29.0. The summed E-state index contributed by atoms with van der Waals surface area (Å²) in [5.41, 5.74) is 6.15. The molecule has 0 unspecified atom stereocenters. The van der Waals surface area contributed by atoms with Crippen molar-refractivity contribution in [3.8, 4) is 5.75 Å². The summed E-state index contributed by atoms with van der Waals surface area (Å²) in [4.78, 5) is 18.5. The molecule has 0 bridgehead atoms. The highest BCUT2D eigenvalue weighted by Crippen LogP contribution is 2.43. The van der Waals surface area contributed by atoms with Crippen LogP contribution in [0.25, 0.3) is 0 Å². The lowest BCUT2D eigenvalue weighted by molar-refractivity contribution is 0.0968. The lowest BCUT2D eigenvalue weighted by Gasteiger charge is -2.46. The number of rotatable bonds is 8. The number of anilines is 3. The van der Waals surface area contributed by atoms with Crippen LogP contribution in [0.3, 0.4) is 0 Å². The summed E-state index contributed by atoms with van der Waals surface area (Å²) in [6.45, 7) is 4.45. The molecule has 0 aliphatic carbocycles. The number of nitrogens with zero attached hydrogens (tertiary/aromatic N) is 2. The monoisotopic (exact) mass is 603 g/mol. The van der Waals surface area contributed by atoms with Crippen LogP contribution in [0.2, 0.25) is 0 Å². The highest BCUT2D eigenvalue weighted by molar-refractivity contribution is 7.92. The molecule has 1 aliphatic rings. The summed E-state index contributed by atoms with van der Waals surface area (Å²) < 4.78 is 35.1. The van der Waals surface area contributed by atoms with Crippen molar-refractivity contribution in [2.24, 2.45) is 0 Å². The van der Waals surface area contributed by atoms with Crippen LogP contribution in [0.4, 0.5) is 17.1 Å². The van der Waals surface area contributed by atoms with E-state index in [0.29, 0.717) is 34.9 Å². The predicted molar refractivity (Wildman–Crippen MR) is 175 cm³/mol. The Hall–Kier alpha value is -5.08. The number of hydrogen-bond donors (Lipinski definition) is 1. The lowest BCUT2D eigenvalue weighted by atomic mass is 9.98. The van der Waals surface area contributed by atoms with Gasteiger partial charge in [-0.15, -0.1) is 0 Å². The van der Waals surface area contributed by atoms with Gasteiger partial charge in [-0.3, -0.25) is 14.4 Å². The third-order valence-corrected chi connectivity index (χ3v) is 9.15. The number of carbonyl (C=O) groups is 1. The Labute approximate surface area is 258 Å². The van der Waals surface area contributed by atoms with Crippen LogP contribution < -0.4 is 19.3 Å². The summed E-state index contributed by atoms with van der Waals surface area (Å²) in [5.74, 6) is 0.371. The molecule has 0 saturated heterocycles. The molecule has 8 heteroatoms. The van der Waals surface area contributed by atoms with E-state index in [4.69, 9.17) is 4.74 Å². The van der Waals surface area contributed by atoms with E-state index in [1.807, 2.05) is 98.8 Å². The first-order chi connectivity index (χ1) is 21.2. The number of fused-ring (bicyclic) bond motifs is 1. The topological polar surface area (TPSA) is 78.9 Å². The molecule has 44 heavy (non-hydrogen) atoms. The fourth-order valence-corrected chi connectivity index (χ4v) is 6.65. The number of hydrogen-bond acceptors (Lipinski definition) is 5. The lowest BCUT2D eigenvalue weighted by Crippen LogP contribution is -2.49. The van der Waals surface area contributed by atoms with Crippen molar-refractivity contribution in [1.82, 2.24) is 0 Å². The van der Waals surface area contributed by atoms with Crippen molar-refractivity contribution >= 4 is 33.0 Å². The molecule has 0 aromatic heterocycles. The maximum atomic E-state index is 14.6. The smallest absolute Gasteiger partial charge is 0.262 e. The van der Waals surface area contributed by atoms with Gasteiger partial charge in [0.25, 0.3) is 15.9 Å². The maximum Gasteiger partial charge on any atom is 0.262 e. The summed E-state index contributed by atoms with van der Waals surface area (Å²) in [6.07, 6.45) is -0.503. The van der Waals surface area contributed by atoms with Gasteiger partial charge in [-0.2, -0.15) is 0 Å². The van der Waals surface area contributed by atoms with Crippen LogP contribution in [-0.2, 0) is 16.6 Å². The molecule has 7 nitrogen and oxygen atoms in total. The number of benzene rings is 5. The van der Waals surface area contributed by atoms with E-state index in [1.165, 1.54) is 6.07 Å². The van der Waals surface area contributed by atoms with Gasteiger partial charge in [0, 0.05) is 17.9 Å². The average molecular weight is 604 g/mol. The molecule has 0 spiro atoms. The predicted octanol–water partition coefficient (Wildman–Crippen LogP) is 7.48. The molecule has 0 fully saturated rings. The Morgan fingerprint density at radius 1 is 0.773 bits per heavy atom. The molecule has 1 amide bonds. The first-order valence-corrected chi connectivity index (χ1v) is 15.8. The number of sulfonamides is 1. The molecule has 1 atom stereocenters. The van der Waals surface area contributed by atoms with Crippen LogP contribution in [0.15, 0.2) is 126 Å². The minimum absolute atomic E-state index is 0.00789. The van der Waals surface area contributed by atoms with Gasteiger partial charge in [-0.1, -0.05) is 77.9 Å². The Balaban J connectivity index is 1.52. The molecule has 0 radical (unpaired) electrons. The second kappa shape index (κ2) is 11.9. The Kier molecular flexibility index (Phi) is 7.84. The van der Waals surface area contributed by atoms with Crippen molar-refractivity contribution in [2.75, 3.05) is 21.6 Å². The molecule has 1 heterocycles. The largest absolute Gasteiger partial charge is 0.497 e. The van der Waals surface area contributed by atoms with E-state index in [1.54, 1.807) is 36.3 Å². The highest BCUT2D eigenvalue weighted by atomic mass is 32.2. The van der Waals surface area contributed by atoms with Crippen molar-refractivity contribution in [3.63, 3.8) is 0 Å². The van der Waals surface area contributed by atoms with Crippen LogP contribution in [0.1, 0.15) is 38.8 Å². The van der Waals surface area contributed by atoms with E-state index in [0.717, 1.165) is 22.3 Å². The van der Waals surface area contributed by atoms with E-state index in [9.17, 15) is 13.2 Å². The zero-order valence-electron chi connectivity index (χ0n) is 24.8. The zero-order valence-corrected chi connectivity index (χ0v) is 25.6. The van der Waals surface area contributed by atoms with Gasteiger partial charge in [0.2, 0.25) is 0 Å². The maximum absolute atomic E-state index is 14.6. The molecular weight excluding hydrogens is 570 g/mol. The van der Waals surface area contributed by atoms with Gasteiger partial charge in [-0.25, -0.2) is 8.42 Å². The highest BCUT2D eigenvalue weighted by Gasteiger charge is 2.40. The van der Waals surface area contributed by atoms with Crippen molar-refractivity contribution in [3.05, 3.63) is 149 Å². The van der Waals surface area contributed by atoms with Crippen molar-refractivity contribution in [2.45, 2.75) is 31.5 Å². The average Bonchev–Trinajstić information content (AvgIpc) is 3.03. The summed E-state index contributed by atoms with van der Waals surface area (Å²) >= 11 is 0. The zero-order chi connectivity index (χ0) is 30.8. The van der Waals surface area contributed by atoms with Gasteiger partial charge in [0.05, 0.1) is 23.3 Å². The van der Waals surface area contributed by atoms with Crippen LogP contribution in [-0.4, -0.2) is 21.4 Å². The van der Waals surface area contributed by atoms with E-state index >= 15 is 0 Å². The standard InChI is InChI=1S/C36H33N3O4S/c1-25-12-14-29(15-13-25)37-44(41,42)32-20-21-34-33(23-32)36(40)39(30-16-18-31(43-3)19-17-30)35(28-11-7-8-26(2)22-28)38(34)24-27-9-5-4-6-10-27/h4-23,35,37H,24H2,1-3H3/t35-/m1/s1. The van der Waals surface area contributed by atoms with Gasteiger partial charge >= 0.3 is 0 Å². The van der Waals surface area contributed by atoms with Crippen LogP contribution in [0, 0.1) is 13.8 Å². The Morgan fingerprint density at radius 2 is 1.50 bits per heavy atom. The van der Waals surface area contributed by atoms with Crippen LogP contribution in [0.5, 0.6) is 5.75 Å². The third kappa shape index (κ3) is 5.76. The van der Waals surface area contributed by atoms with Crippen LogP contribution >= 0.6 is 0 Å². The van der Waals surface area contributed by atoms with Gasteiger partial charge in [0.1, 0.15) is 11.9 Å². The number of ether oxygens (including phenoxy) is 1. The molecule has 5 aromatic rings. The van der Waals surface area contributed by atoms with E-state index in [-0.39, 0.29) is 10.8 Å². The summed E-state index contributed by atoms with van der Waals surface area (Å²) in [7, 11) is -2.38. The number of aryl methyl sites for hydroxylation is 2. The molecule has 222 valence electrons. The quantitative estimate of drug-likeness (QED) is 0.199. The number of carbonyl (C=O) groups excluding carboxylic acids is 1. The number of nitrogens with one attached hydrogen (secondary N) is 1. The Morgan fingerprint density at radius 3 is 2.18 bits per heavy atom. The number of amides is 1. The van der Waals surface area contributed by atoms with Gasteiger partial charge in [-0.05, 0) is 79.6 Å². The van der Waals surface area contributed by atoms with E-state index < -0.39 is 16.2 Å². The Bertz CT molecular complexity index is 1910. The van der Waals surface area contributed by atoms with Crippen molar-refractivity contribution in [1.29, 1.82) is 0 Å². The normalized spacial score (nSPS) is 14.7. The minimum atomic E-state index is -3.98. The summed E-state index contributed by atoms with van der Waals surface area (Å²) in [6, 6.07) is 37.4. The summed E-state index contributed by atoms with van der Waals surface area (Å²) in [5, 5.41) is 0. The third-order valence-electron chi connectivity index (χ3n) is 7.77. The molecule has 1 N–H and O–H groups in total. The molecule has 5 aromatic carbocycles. The van der Waals surface area contributed by atoms with Gasteiger partial charge < -0.3 is 9.64 Å². The number of methoxy groups -OCH3 is 1. The second-order valence-electron chi connectivity index (χ2n) is 10.9. The fraction of sp³-hybridized carbons (Fsp3) is 0.139.